The Balaban J connectivity index is 2.55. The average Bonchev–Trinajstić information content (AvgIpc) is 2.59. The van der Waals surface area contributed by atoms with Crippen LogP contribution >= 0.6 is 11.6 Å². The number of esters is 2. The third-order valence-corrected chi connectivity index (χ3v) is 3.58. The molecule has 0 saturated heterocycles. The first-order valence-electron chi connectivity index (χ1n) is 6.62. The quantitative estimate of drug-likeness (QED) is 0.772. The third-order valence-electron chi connectivity index (χ3n) is 3.28. The fraction of sp³-hybridized carbons (Fsp3) is 0.333. The normalized spacial score (nSPS) is 14.5. The molecule has 124 valence electrons. The van der Waals surface area contributed by atoms with Gasteiger partial charge in [-0.05, 0) is 12.1 Å². The molecular formula is C15H16ClNO6. The van der Waals surface area contributed by atoms with Crippen molar-refractivity contribution in [1.29, 1.82) is 0 Å². The van der Waals surface area contributed by atoms with Crippen molar-refractivity contribution in [2.24, 2.45) is 0 Å². The number of nitrogens with zero attached hydrogens (tertiary/aromatic N) is 1. The molecule has 0 aliphatic carbocycles. The van der Waals surface area contributed by atoms with Gasteiger partial charge in [-0.2, -0.15) is 0 Å². The summed E-state index contributed by atoms with van der Waals surface area (Å²) in [5.74, 6) is -0.784. The van der Waals surface area contributed by atoms with Crippen LogP contribution < -0.4 is 9.64 Å². The lowest BCUT2D eigenvalue weighted by molar-refractivity contribution is -0.140. The zero-order valence-electron chi connectivity index (χ0n) is 12.9. The van der Waals surface area contributed by atoms with Gasteiger partial charge in [0.15, 0.2) is 0 Å². The van der Waals surface area contributed by atoms with Crippen LogP contribution in [0.3, 0.4) is 0 Å². The van der Waals surface area contributed by atoms with E-state index >= 15 is 0 Å². The molecule has 1 aromatic carbocycles. The number of halogens is 1. The summed E-state index contributed by atoms with van der Waals surface area (Å²) < 4.78 is 20.0. The number of hydrogen-bond acceptors (Lipinski definition) is 7. The van der Waals surface area contributed by atoms with E-state index in [1.807, 2.05) is 0 Å². The number of benzene rings is 1. The monoisotopic (exact) mass is 341 g/mol. The lowest BCUT2D eigenvalue weighted by Gasteiger charge is -2.31. The molecule has 7 nitrogen and oxygen atoms in total. The molecule has 0 N–H and O–H groups in total. The number of ether oxygens (including phenoxy) is 4. The molecule has 0 atom stereocenters. The smallest absolute Gasteiger partial charge is 0.355 e. The first-order valence-corrected chi connectivity index (χ1v) is 6.99. The summed E-state index contributed by atoms with van der Waals surface area (Å²) in [6, 6.07) is 4.94. The van der Waals surface area contributed by atoms with Crippen LogP contribution in [0.25, 0.3) is 0 Å². The van der Waals surface area contributed by atoms with Crippen LogP contribution in [0.1, 0.15) is 0 Å². The van der Waals surface area contributed by atoms with Gasteiger partial charge in [0.2, 0.25) is 0 Å². The zero-order valence-corrected chi connectivity index (χ0v) is 13.7. The molecule has 0 saturated carbocycles. The van der Waals surface area contributed by atoms with E-state index in [2.05, 4.69) is 0 Å². The van der Waals surface area contributed by atoms with Gasteiger partial charge in [-0.25, -0.2) is 9.59 Å². The van der Waals surface area contributed by atoms with Crippen LogP contribution in [0, 0.1) is 0 Å². The second-order valence-electron chi connectivity index (χ2n) is 4.53. The van der Waals surface area contributed by atoms with Crippen LogP contribution in [-0.2, 0) is 23.8 Å². The third kappa shape index (κ3) is 3.40. The van der Waals surface area contributed by atoms with Crippen molar-refractivity contribution in [3.8, 4) is 5.75 Å². The maximum absolute atomic E-state index is 12.2. The Morgan fingerprint density at radius 1 is 1.17 bits per heavy atom. The van der Waals surface area contributed by atoms with Crippen LogP contribution in [0.15, 0.2) is 29.5 Å². The molecule has 0 spiro atoms. The van der Waals surface area contributed by atoms with Crippen LogP contribution in [0.5, 0.6) is 5.75 Å². The number of carbonyl (C=O) groups is 2. The highest BCUT2D eigenvalue weighted by atomic mass is 35.5. The fourth-order valence-corrected chi connectivity index (χ4v) is 2.44. The second-order valence-corrected chi connectivity index (χ2v) is 4.94. The van der Waals surface area contributed by atoms with Crippen LogP contribution in [0.4, 0.5) is 5.69 Å². The second kappa shape index (κ2) is 7.34. The molecule has 0 fully saturated rings. The summed E-state index contributed by atoms with van der Waals surface area (Å²) in [5, 5.41) is 0.334. The Hall–Kier alpha value is -2.25. The van der Waals surface area contributed by atoms with Gasteiger partial charge in [0.1, 0.15) is 18.2 Å². The highest BCUT2D eigenvalue weighted by Gasteiger charge is 2.33. The Labute approximate surface area is 138 Å². The minimum atomic E-state index is -0.680. The van der Waals surface area contributed by atoms with E-state index in [-0.39, 0.29) is 24.6 Å². The number of methoxy groups -OCH3 is 3. The molecule has 23 heavy (non-hydrogen) atoms. The summed E-state index contributed by atoms with van der Waals surface area (Å²) >= 11 is 6.25. The van der Waals surface area contributed by atoms with E-state index in [1.54, 1.807) is 18.2 Å². The van der Waals surface area contributed by atoms with Gasteiger partial charge in [-0.15, -0.1) is 0 Å². The van der Waals surface area contributed by atoms with Crippen molar-refractivity contribution in [3.63, 3.8) is 0 Å². The van der Waals surface area contributed by atoms with Crippen molar-refractivity contribution >= 4 is 29.2 Å². The minimum Gasteiger partial charge on any atom is -0.497 e. The van der Waals surface area contributed by atoms with Gasteiger partial charge in [0.05, 0.1) is 44.2 Å². The van der Waals surface area contributed by atoms with Crippen molar-refractivity contribution < 1.29 is 28.5 Å². The van der Waals surface area contributed by atoms with Gasteiger partial charge in [-0.1, -0.05) is 11.6 Å². The van der Waals surface area contributed by atoms with E-state index in [0.717, 1.165) is 0 Å². The van der Waals surface area contributed by atoms with E-state index in [4.69, 9.17) is 30.5 Å². The van der Waals surface area contributed by atoms with Gasteiger partial charge >= 0.3 is 11.9 Å². The van der Waals surface area contributed by atoms with Crippen molar-refractivity contribution in [2.75, 3.05) is 39.6 Å². The van der Waals surface area contributed by atoms with E-state index in [1.165, 1.54) is 26.2 Å². The van der Waals surface area contributed by atoms with Crippen LogP contribution in [0.2, 0.25) is 5.02 Å². The molecule has 0 aromatic heterocycles. The number of hydrogen-bond donors (Lipinski definition) is 0. The SMILES string of the molecule is COC(=O)C1=C(C(=O)OC)N(c2ccc(OC)cc2Cl)COC1. The van der Waals surface area contributed by atoms with Gasteiger partial charge in [-0.3, -0.25) is 0 Å². The summed E-state index contributed by atoms with van der Waals surface area (Å²) in [7, 11) is 3.97. The van der Waals surface area contributed by atoms with Gasteiger partial charge in [0.25, 0.3) is 0 Å². The molecule has 1 aromatic rings. The minimum absolute atomic E-state index is 0.0387. The molecule has 1 aliphatic rings. The number of anilines is 1. The topological polar surface area (TPSA) is 74.3 Å². The standard InChI is InChI=1S/C15H16ClNO6/c1-20-9-4-5-12(11(16)6-9)17-8-23-7-10(14(18)21-2)13(17)15(19)22-3/h4-6H,7-8H2,1-3H3. The highest BCUT2D eigenvalue weighted by Crippen LogP contribution is 2.34. The Bertz CT molecular complexity index is 657. The summed E-state index contributed by atoms with van der Waals surface area (Å²) in [5.41, 5.74) is 0.587. The van der Waals surface area contributed by atoms with Gasteiger partial charge in [0, 0.05) is 6.07 Å². The average molecular weight is 342 g/mol. The number of rotatable bonds is 4. The Kier molecular flexibility index (Phi) is 5.46. The Morgan fingerprint density at radius 2 is 1.87 bits per heavy atom. The fourth-order valence-electron chi connectivity index (χ4n) is 2.17. The van der Waals surface area contributed by atoms with Crippen molar-refractivity contribution in [2.45, 2.75) is 0 Å². The first kappa shape index (κ1) is 17.1. The maximum Gasteiger partial charge on any atom is 0.355 e. The predicted molar refractivity (Wildman–Crippen MR) is 82.4 cm³/mol. The molecule has 0 radical (unpaired) electrons. The van der Waals surface area contributed by atoms with Crippen LogP contribution in [-0.4, -0.2) is 46.6 Å². The molecule has 1 aliphatic heterocycles. The largest absolute Gasteiger partial charge is 0.497 e. The predicted octanol–water partition coefficient (Wildman–Crippen LogP) is 1.74. The Morgan fingerprint density at radius 3 is 2.43 bits per heavy atom. The lowest BCUT2D eigenvalue weighted by atomic mass is 10.1. The zero-order chi connectivity index (χ0) is 17.0. The molecule has 0 unspecified atom stereocenters. The van der Waals surface area contributed by atoms with E-state index in [0.29, 0.717) is 16.5 Å². The van der Waals surface area contributed by atoms with E-state index < -0.39 is 11.9 Å². The summed E-state index contributed by atoms with van der Waals surface area (Å²) in [6.45, 7) is -0.0155. The molecule has 0 amide bonds. The molecule has 8 heteroatoms. The first-order chi connectivity index (χ1) is 11.0. The maximum atomic E-state index is 12.2. The molecule has 2 rings (SSSR count). The molecule has 1 heterocycles. The number of carbonyl (C=O) groups excluding carboxylic acids is 2. The molecular weight excluding hydrogens is 326 g/mol. The van der Waals surface area contributed by atoms with Gasteiger partial charge < -0.3 is 23.8 Å². The lowest BCUT2D eigenvalue weighted by Crippen LogP contribution is -2.38. The summed E-state index contributed by atoms with van der Waals surface area (Å²) in [4.78, 5) is 25.5. The van der Waals surface area contributed by atoms with Crippen molar-refractivity contribution in [1.82, 2.24) is 0 Å². The summed E-state index contributed by atoms with van der Waals surface area (Å²) in [6.07, 6.45) is 0. The van der Waals surface area contributed by atoms with Crippen molar-refractivity contribution in [3.05, 3.63) is 34.5 Å². The highest BCUT2D eigenvalue weighted by molar-refractivity contribution is 6.33. The molecule has 0 bridgehead atoms. The van der Waals surface area contributed by atoms with E-state index in [9.17, 15) is 9.59 Å².